The molecule has 0 heterocycles. The highest BCUT2D eigenvalue weighted by Crippen LogP contribution is 2.28. The number of nitrogens with zero attached hydrogens (tertiary/aromatic N) is 1. The van der Waals surface area contributed by atoms with Gasteiger partial charge in [-0.1, -0.05) is 42.5 Å². The van der Waals surface area contributed by atoms with E-state index in [2.05, 4.69) is 6.07 Å². The molecular weight excluding hydrogens is 198 g/mol. The molecule has 0 saturated heterocycles. The fourth-order valence-corrected chi connectivity index (χ4v) is 1.83. The van der Waals surface area contributed by atoms with Crippen LogP contribution in [0.2, 0.25) is 0 Å². The lowest BCUT2D eigenvalue weighted by Crippen LogP contribution is -2.21. The molecule has 0 spiro atoms. The van der Waals surface area contributed by atoms with E-state index in [1.54, 1.807) is 6.92 Å². The van der Waals surface area contributed by atoms with E-state index in [1.165, 1.54) is 0 Å². The van der Waals surface area contributed by atoms with Gasteiger partial charge in [0.25, 0.3) is 0 Å². The maximum Gasteiger partial charge on any atom is 0.144 e. The van der Waals surface area contributed by atoms with Crippen molar-refractivity contribution in [3.63, 3.8) is 0 Å². The molecule has 0 aliphatic carbocycles. The van der Waals surface area contributed by atoms with Crippen LogP contribution in [0.1, 0.15) is 12.5 Å². The molecule has 0 bridgehead atoms. The second-order valence-electron chi connectivity index (χ2n) is 3.96. The Bertz CT molecular complexity index is 577. The zero-order valence-electron chi connectivity index (χ0n) is 8.97. The van der Waals surface area contributed by atoms with Gasteiger partial charge < -0.3 is 4.79 Å². The zero-order valence-corrected chi connectivity index (χ0v) is 8.97. The molecule has 0 aliphatic rings. The summed E-state index contributed by atoms with van der Waals surface area (Å²) in [7, 11) is 0. The summed E-state index contributed by atoms with van der Waals surface area (Å²) in [6.07, 6.45) is 0.703. The molecule has 2 nitrogen and oxygen atoms in total. The molecule has 0 aromatic heterocycles. The van der Waals surface area contributed by atoms with E-state index >= 15 is 0 Å². The van der Waals surface area contributed by atoms with Crippen LogP contribution >= 0.6 is 0 Å². The van der Waals surface area contributed by atoms with E-state index < -0.39 is 5.41 Å². The first-order valence-corrected chi connectivity index (χ1v) is 5.07. The van der Waals surface area contributed by atoms with E-state index in [9.17, 15) is 4.79 Å². The lowest BCUT2D eigenvalue weighted by molar-refractivity contribution is -0.110. The van der Waals surface area contributed by atoms with Crippen LogP contribution in [0, 0.1) is 11.3 Å². The third kappa shape index (κ3) is 1.47. The third-order valence-corrected chi connectivity index (χ3v) is 2.82. The second-order valence-corrected chi connectivity index (χ2v) is 3.96. The quantitative estimate of drug-likeness (QED) is 0.713. The average Bonchev–Trinajstić information content (AvgIpc) is 2.37. The van der Waals surface area contributed by atoms with Crippen molar-refractivity contribution in [2.45, 2.75) is 12.3 Å². The summed E-state index contributed by atoms with van der Waals surface area (Å²) >= 11 is 0. The van der Waals surface area contributed by atoms with Crippen LogP contribution in [-0.4, -0.2) is 6.29 Å². The number of hydrogen-bond donors (Lipinski definition) is 0. The largest absolute Gasteiger partial charge is 0.301 e. The van der Waals surface area contributed by atoms with E-state index in [4.69, 9.17) is 5.26 Å². The standard InChI is InChI=1S/C14H11NO/c1-14(9-15,10-16)13-8-4-6-11-5-2-3-7-12(11)13/h2-8,10H,1H3. The Kier molecular flexibility index (Phi) is 2.46. The fraction of sp³-hybridized carbons (Fsp3) is 0.143. The first kappa shape index (κ1) is 10.4. The normalized spacial score (nSPS) is 14.0. The first-order valence-electron chi connectivity index (χ1n) is 5.07. The van der Waals surface area contributed by atoms with Crippen molar-refractivity contribution in [1.29, 1.82) is 5.26 Å². The number of rotatable bonds is 2. The lowest BCUT2D eigenvalue weighted by Gasteiger charge is -2.16. The second kappa shape index (κ2) is 3.79. The predicted octanol–water partition coefficient (Wildman–Crippen LogP) is 2.82. The summed E-state index contributed by atoms with van der Waals surface area (Å²) < 4.78 is 0. The molecule has 0 amide bonds. The highest BCUT2D eigenvalue weighted by Gasteiger charge is 2.27. The van der Waals surface area contributed by atoms with Crippen molar-refractivity contribution in [3.05, 3.63) is 48.0 Å². The van der Waals surface area contributed by atoms with Gasteiger partial charge >= 0.3 is 0 Å². The van der Waals surface area contributed by atoms with Crippen LogP contribution in [0.4, 0.5) is 0 Å². The number of hydrogen-bond acceptors (Lipinski definition) is 2. The molecule has 16 heavy (non-hydrogen) atoms. The number of carbonyl (C=O) groups is 1. The number of nitriles is 1. The molecule has 0 fully saturated rings. The number of benzene rings is 2. The van der Waals surface area contributed by atoms with Crippen LogP contribution < -0.4 is 0 Å². The smallest absolute Gasteiger partial charge is 0.144 e. The zero-order chi connectivity index (χ0) is 11.6. The molecule has 78 valence electrons. The number of fused-ring (bicyclic) bond motifs is 1. The van der Waals surface area contributed by atoms with Crippen molar-refractivity contribution in [1.82, 2.24) is 0 Å². The van der Waals surface area contributed by atoms with Crippen LogP contribution in [0.5, 0.6) is 0 Å². The first-order chi connectivity index (χ1) is 7.71. The summed E-state index contributed by atoms with van der Waals surface area (Å²) in [5.41, 5.74) is -0.302. The van der Waals surface area contributed by atoms with Gasteiger partial charge in [-0.05, 0) is 23.3 Å². The Labute approximate surface area is 94.1 Å². The highest BCUT2D eigenvalue weighted by atomic mass is 16.1. The van der Waals surface area contributed by atoms with Crippen LogP contribution in [-0.2, 0) is 10.2 Å². The van der Waals surface area contributed by atoms with Gasteiger partial charge in [0, 0.05) is 0 Å². The van der Waals surface area contributed by atoms with Gasteiger partial charge in [-0.2, -0.15) is 5.26 Å². The average molecular weight is 209 g/mol. The van der Waals surface area contributed by atoms with Crippen LogP contribution in [0.25, 0.3) is 10.8 Å². The summed E-state index contributed by atoms with van der Waals surface area (Å²) in [6.45, 7) is 1.64. The highest BCUT2D eigenvalue weighted by molar-refractivity contribution is 5.91. The van der Waals surface area contributed by atoms with Crippen molar-refractivity contribution in [2.24, 2.45) is 0 Å². The molecule has 2 aromatic rings. The minimum Gasteiger partial charge on any atom is -0.301 e. The molecule has 1 atom stereocenters. The van der Waals surface area contributed by atoms with Gasteiger partial charge in [0.05, 0.1) is 6.07 Å². The summed E-state index contributed by atoms with van der Waals surface area (Å²) in [4.78, 5) is 11.1. The third-order valence-electron chi connectivity index (χ3n) is 2.82. The molecule has 2 rings (SSSR count). The molecule has 1 unspecified atom stereocenters. The molecule has 0 radical (unpaired) electrons. The summed E-state index contributed by atoms with van der Waals surface area (Å²) in [6, 6.07) is 15.5. The van der Waals surface area contributed by atoms with Gasteiger partial charge in [-0.15, -0.1) is 0 Å². The Balaban J connectivity index is 2.80. The lowest BCUT2D eigenvalue weighted by atomic mass is 9.82. The maximum atomic E-state index is 11.1. The number of aldehydes is 1. The van der Waals surface area contributed by atoms with Crippen molar-refractivity contribution >= 4 is 17.1 Å². The van der Waals surface area contributed by atoms with Crippen LogP contribution in [0.15, 0.2) is 42.5 Å². The number of carbonyl (C=O) groups excluding carboxylic acids is 1. The minimum absolute atomic E-state index is 0.703. The molecule has 0 aliphatic heterocycles. The van der Waals surface area contributed by atoms with Crippen molar-refractivity contribution < 1.29 is 4.79 Å². The fourth-order valence-electron chi connectivity index (χ4n) is 1.83. The topological polar surface area (TPSA) is 40.9 Å². The molecule has 2 aromatic carbocycles. The van der Waals surface area contributed by atoms with E-state index in [1.807, 2.05) is 42.5 Å². The van der Waals surface area contributed by atoms with Crippen molar-refractivity contribution in [2.75, 3.05) is 0 Å². The van der Waals surface area contributed by atoms with E-state index in [-0.39, 0.29) is 0 Å². The Morgan fingerprint density at radius 2 is 1.88 bits per heavy atom. The monoisotopic (exact) mass is 209 g/mol. The Morgan fingerprint density at radius 1 is 1.19 bits per heavy atom. The van der Waals surface area contributed by atoms with Crippen molar-refractivity contribution in [3.8, 4) is 6.07 Å². The maximum absolute atomic E-state index is 11.1. The van der Waals surface area contributed by atoms with Gasteiger partial charge in [-0.25, -0.2) is 0 Å². The Hall–Kier alpha value is -2.14. The van der Waals surface area contributed by atoms with E-state index in [0.717, 1.165) is 16.3 Å². The van der Waals surface area contributed by atoms with Gasteiger partial charge in [0.1, 0.15) is 11.7 Å². The van der Waals surface area contributed by atoms with E-state index in [0.29, 0.717) is 6.29 Å². The van der Waals surface area contributed by atoms with Gasteiger partial charge in [-0.3, -0.25) is 0 Å². The SMILES string of the molecule is CC(C#N)(C=O)c1cccc2ccccc12. The van der Waals surface area contributed by atoms with Crippen LogP contribution in [0.3, 0.4) is 0 Å². The summed E-state index contributed by atoms with van der Waals surface area (Å²) in [5.74, 6) is 0. The minimum atomic E-state index is -1.07. The molecule has 2 heteroatoms. The molecule has 0 N–H and O–H groups in total. The summed E-state index contributed by atoms with van der Waals surface area (Å²) in [5, 5.41) is 11.1. The molecule has 0 saturated carbocycles. The van der Waals surface area contributed by atoms with Gasteiger partial charge in [0.2, 0.25) is 0 Å². The predicted molar refractivity (Wildman–Crippen MR) is 63.0 cm³/mol. The molecular formula is C14H11NO. The van der Waals surface area contributed by atoms with Gasteiger partial charge in [0.15, 0.2) is 0 Å². The Morgan fingerprint density at radius 3 is 2.56 bits per heavy atom.